The number of amides is 1. The van der Waals surface area contributed by atoms with Gasteiger partial charge in [-0.05, 0) is 81.3 Å². The molecule has 1 aliphatic carbocycles. The smallest absolute Gasteiger partial charge is 0.409 e. The predicted molar refractivity (Wildman–Crippen MR) is 138 cm³/mol. The van der Waals surface area contributed by atoms with Crippen LogP contribution in [0.4, 0.5) is 4.79 Å². The average molecular weight is 537 g/mol. The fourth-order valence-electron chi connectivity index (χ4n) is 5.69. The van der Waals surface area contributed by atoms with E-state index in [-0.39, 0.29) is 45.8 Å². The number of piperidine rings is 1. The van der Waals surface area contributed by atoms with Gasteiger partial charge in [-0.25, -0.2) is 4.79 Å². The van der Waals surface area contributed by atoms with Crippen LogP contribution in [0.1, 0.15) is 56.0 Å². The maximum absolute atomic E-state index is 14.8. The van der Waals surface area contributed by atoms with Crippen molar-refractivity contribution < 1.29 is 28.3 Å². The Bertz CT molecular complexity index is 1140. The third kappa shape index (κ3) is 4.37. The van der Waals surface area contributed by atoms with Crippen molar-refractivity contribution in [3.63, 3.8) is 0 Å². The fourth-order valence-corrected chi connectivity index (χ4v) is 8.50. The van der Waals surface area contributed by atoms with Gasteiger partial charge in [-0.15, -0.1) is 0 Å². The second-order valence-corrected chi connectivity index (χ2v) is 11.9. The molecule has 1 fully saturated rings. The number of fused-ring (bicyclic) bond motifs is 2. The second kappa shape index (κ2) is 10.8. The third-order valence-electron chi connectivity index (χ3n) is 7.27. The zero-order valence-corrected chi connectivity index (χ0v) is 22.7. The maximum Gasteiger partial charge on any atom is 0.409 e. The number of rotatable bonds is 7. The number of ether oxygens (including phenoxy) is 1. The molecule has 1 aliphatic heterocycles. The van der Waals surface area contributed by atoms with E-state index in [1.165, 1.54) is 0 Å². The first-order valence-corrected chi connectivity index (χ1v) is 14.4. The van der Waals surface area contributed by atoms with Gasteiger partial charge in [0.2, 0.25) is 0 Å². The summed E-state index contributed by atoms with van der Waals surface area (Å²) in [5.74, 6) is 0. The standard InChI is InChI=1S/C26H34ClN2O6P/c1-4-33-24(30)29-16-13-25(14-17-29,36(32,34-5-2)35-6-3)26(31)22-12-11-21(27)18-20(22)10-9-19-8-7-15-28-23(19)26/h7-8,11-12,15,18,31H,4-6,9-10,13-14,16-17H2,1-3H3. The van der Waals surface area contributed by atoms with Crippen LogP contribution in [0.25, 0.3) is 0 Å². The van der Waals surface area contributed by atoms with E-state index in [1.54, 1.807) is 44.0 Å². The van der Waals surface area contributed by atoms with Gasteiger partial charge in [0.25, 0.3) is 0 Å². The minimum Gasteiger partial charge on any atom is -0.450 e. The van der Waals surface area contributed by atoms with Crippen LogP contribution < -0.4 is 0 Å². The Balaban J connectivity index is 1.99. The van der Waals surface area contributed by atoms with Gasteiger partial charge in [-0.2, -0.15) is 0 Å². The summed E-state index contributed by atoms with van der Waals surface area (Å²) >= 11 is 6.37. The molecule has 0 bridgehead atoms. The number of likely N-dealkylation sites (tertiary alicyclic amines) is 1. The Kier molecular flexibility index (Phi) is 8.13. The van der Waals surface area contributed by atoms with E-state index in [0.717, 1.165) is 11.1 Å². The Hall–Kier alpha value is -1.96. The largest absolute Gasteiger partial charge is 0.450 e. The number of hydrogen-bond donors (Lipinski definition) is 1. The molecular weight excluding hydrogens is 503 g/mol. The highest BCUT2D eigenvalue weighted by Crippen LogP contribution is 2.71. The SMILES string of the molecule is CCOC(=O)N1CCC(C2(O)c3ccc(Cl)cc3CCc3cccnc32)(P(=O)(OCC)OCC)CC1. The van der Waals surface area contributed by atoms with Gasteiger partial charge in [0.15, 0.2) is 0 Å². The first-order valence-electron chi connectivity index (χ1n) is 12.5. The number of halogens is 1. The van der Waals surface area contributed by atoms with Crippen LogP contribution in [0.15, 0.2) is 36.5 Å². The zero-order valence-electron chi connectivity index (χ0n) is 21.0. The number of pyridine rings is 1. The van der Waals surface area contributed by atoms with E-state index >= 15 is 0 Å². The third-order valence-corrected chi connectivity index (χ3v) is 10.5. The van der Waals surface area contributed by atoms with Crippen molar-refractivity contribution in [1.29, 1.82) is 0 Å². The molecule has 2 aromatic rings. The number of carbonyl (C=O) groups excluding carboxylic acids is 1. The van der Waals surface area contributed by atoms with E-state index in [4.69, 9.17) is 25.4 Å². The van der Waals surface area contributed by atoms with Crippen molar-refractivity contribution in [2.24, 2.45) is 0 Å². The summed E-state index contributed by atoms with van der Waals surface area (Å²) in [7, 11) is -3.98. The monoisotopic (exact) mass is 536 g/mol. The summed E-state index contributed by atoms with van der Waals surface area (Å²) in [4.78, 5) is 18.8. The van der Waals surface area contributed by atoms with Gasteiger partial charge in [0.05, 0.1) is 25.5 Å². The van der Waals surface area contributed by atoms with Gasteiger partial charge >= 0.3 is 13.7 Å². The molecule has 2 heterocycles. The van der Waals surface area contributed by atoms with Crippen molar-refractivity contribution in [3.05, 3.63) is 63.9 Å². The van der Waals surface area contributed by atoms with Crippen LogP contribution in [0, 0.1) is 0 Å². The van der Waals surface area contributed by atoms with Crippen LogP contribution in [-0.2, 0) is 36.8 Å². The van der Waals surface area contributed by atoms with E-state index in [1.807, 2.05) is 18.2 Å². The second-order valence-electron chi connectivity index (χ2n) is 9.07. The van der Waals surface area contributed by atoms with Crippen LogP contribution in [0.5, 0.6) is 0 Å². The van der Waals surface area contributed by atoms with Gasteiger partial charge in [0, 0.05) is 24.3 Å². The molecule has 36 heavy (non-hydrogen) atoms. The molecular formula is C26H34ClN2O6P. The number of hydrogen-bond acceptors (Lipinski definition) is 7. The molecule has 10 heteroatoms. The number of nitrogens with zero attached hydrogens (tertiary/aromatic N) is 2. The molecule has 1 amide bonds. The summed E-state index contributed by atoms with van der Waals surface area (Å²) in [6, 6.07) is 9.15. The van der Waals surface area contributed by atoms with E-state index in [9.17, 15) is 14.5 Å². The van der Waals surface area contributed by atoms with Gasteiger partial charge < -0.3 is 23.8 Å². The fraction of sp³-hybridized carbons (Fsp3) is 0.538. The van der Waals surface area contributed by atoms with Crippen LogP contribution in [0.3, 0.4) is 0 Å². The molecule has 1 unspecified atom stereocenters. The van der Waals surface area contributed by atoms with Gasteiger partial charge in [-0.3, -0.25) is 9.55 Å². The van der Waals surface area contributed by atoms with Crippen molar-refractivity contribution >= 4 is 25.3 Å². The van der Waals surface area contributed by atoms with E-state index in [0.29, 0.717) is 29.1 Å². The molecule has 0 spiro atoms. The first-order chi connectivity index (χ1) is 17.3. The number of aryl methyl sites for hydroxylation is 2. The maximum atomic E-state index is 14.8. The molecule has 0 saturated carbocycles. The normalized spacial score (nSPS) is 21.3. The quantitative estimate of drug-likeness (QED) is 0.478. The molecule has 196 valence electrons. The van der Waals surface area contributed by atoms with Crippen LogP contribution >= 0.6 is 19.2 Å². The lowest BCUT2D eigenvalue weighted by Gasteiger charge is -2.53. The predicted octanol–water partition coefficient (Wildman–Crippen LogP) is 5.33. The lowest BCUT2D eigenvalue weighted by atomic mass is 9.71. The Morgan fingerprint density at radius 3 is 2.39 bits per heavy atom. The lowest BCUT2D eigenvalue weighted by Crippen LogP contribution is -2.59. The van der Waals surface area contributed by atoms with Crippen molar-refractivity contribution in [2.75, 3.05) is 32.9 Å². The molecule has 8 nitrogen and oxygen atoms in total. The summed E-state index contributed by atoms with van der Waals surface area (Å²) in [5, 5.41) is 12.2. The highest BCUT2D eigenvalue weighted by Gasteiger charge is 2.67. The van der Waals surface area contributed by atoms with Crippen LogP contribution in [-0.4, -0.2) is 59.1 Å². The summed E-state index contributed by atoms with van der Waals surface area (Å²) in [6.45, 7) is 6.23. The Morgan fingerprint density at radius 2 is 1.75 bits per heavy atom. The molecule has 2 aliphatic rings. The molecule has 1 N–H and O–H groups in total. The number of benzene rings is 1. The van der Waals surface area contributed by atoms with E-state index in [2.05, 4.69) is 4.98 Å². The Morgan fingerprint density at radius 1 is 1.08 bits per heavy atom. The first kappa shape index (κ1) is 27.1. The Labute approximate surface area is 217 Å². The van der Waals surface area contributed by atoms with Crippen molar-refractivity contribution in [3.8, 4) is 0 Å². The number of aliphatic hydroxyl groups is 1. The highest BCUT2D eigenvalue weighted by molar-refractivity contribution is 7.55. The zero-order chi connectivity index (χ0) is 26.0. The van der Waals surface area contributed by atoms with Crippen molar-refractivity contribution in [1.82, 2.24) is 9.88 Å². The minimum atomic E-state index is -3.98. The topological polar surface area (TPSA) is 98.2 Å². The van der Waals surface area contributed by atoms with E-state index < -0.39 is 24.4 Å². The summed E-state index contributed by atoms with van der Waals surface area (Å²) < 4.78 is 31.9. The lowest BCUT2D eigenvalue weighted by molar-refractivity contribution is -0.0182. The van der Waals surface area contributed by atoms with Gasteiger partial charge in [-0.1, -0.05) is 23.7 Å². The summed E-state index contributed by atoms with van der Waals surface area (Å²) in [6.07, 6.45) is 2.80. The molecule has 4 rings (SSSR count). The molecule has 0 radical (unpaired) electrons. The number of aromatic nitrogens is 1. The molecule has 1 saturated heterocycles. The number of carbonyl (C=O) groups is 1. The molecule has 1 aromatic carbocycles. The van der Waals surface area contributed by atoms with Crippen LogP contribution in [0.2, 0.25) is 5.02 Å². The van der Waals surface area contributed by atoms with Gasteiger partial charge in [0.1, 0.15) is 10.8 Å². The summed E-state index contributed by atoms with van der Waals surface area (Å²) in [5.41, 5.74) is 0.929. The highest BCUT2D eigenvalue weighted by atomic mass is 35.5. The molecule has 1 aromatic heterocycles. The average Bonchev–Trinajstić information content (AvgIpc) is 2.99. The molecule has 1 atom stereocenters. The van der Waals surface area contributed by atoms with Crippen molar-refractivity contribution in [2.45, 2.75) is 57.2 Å². The minimum absolute atomic E-state index is 0.138.